The third-order valence-corrected chi connectivity index (χ3v) is 5.89. The molecule has 0 saturated carbocycles. The number of nitrogens with two attached hydrogens (primary N) is 1. The van der Waals surface area contributed by atoms with Crippen molar-refractivity contribution in [1.82, 2.24) is 0 Å². The standard InChI is InChI=1S/C11H13F2NO2S/c1-5-6(2)17(15,16)10-4-9(13)8(12)3-7(10)11(5)14/h3-6,11H,14H2,1-2H3. The molecule has 0 bridgehead atoms. The van der Waals surface area contributed by atoms with Crippen LogP contribution in [0.3, 0.4) is 0 Å². The molecule has 1 aliphatic heterocycles. The van der Waals surface area contributed by atoms with Crippen molar-refractivity contribution in [3.05, 3.63) is 29.3 Å². The third kappa shape index (κ3) is 1.66. The maximum Gasteiger partial charge on any atom is 0.181 e. The lowest BCUT2D eigenvalue weighted by atomic mass is 9.92. The zero-order valence-electron chi connectivity index (χ0n) is 9.44. The molecule has 0 amide bonds. The van der Waals surface area contributed by atoms with E-state index in [9.17, 15) is 17.2 Å². The van der Waals surface area contributed by atoms with Gasteiger partial charge in [0.25, 0.3) is 0 Å². The van der Waals surface area contributed by atoms with Crippen molar-refractivity contribution in [2.24, 2.45) is 11.7 Å². The molecule has 1 aromatic rings. The molecule has 0 spiro atoms. The van der Waals surface area contributed by atoms with Gasteiger partial charge in [0, 0.05) is 6.04 Å². The van der Waals surface area contributed by atoms with Crippen LogP contribution in [0.25, 0.3) is 0 Å². The Morgan fingerprint density at radius 3 is 2.29 bits per heavy atom. The van der Waals surface area contributed by atoms with Crippen LogP contribution in [0.2, 0.25) is 0 Å². The predicted octanol–water partition coefficient (Wildman–Crippen LogP) is 1.78. The summed E-state index contributed by atoms with van der Waals surface area (Å²) in [7, 11) is -3.63. The molecule has 3 unspecified atom stereocenters. The minimum atomic E-state index is -3.63. The Morgan fingerprint density at radius 1 is 1.18 bits per heavy atom. The average molecular weight is 261 g/mol. The second-order valence-electron chi connectivity index (χ2n) is 4.44. The summed E-state index contributed by atoms with van der Waals surface area (Å²) in [5.74, 6) is -2.57. The number of rotatable bonds is 0. The highest BCUT2D eigenvalue weighted by atomic mass is 32.2. The second kappa shape index (κ2) is 3.74. The van der Waals surface area contributed by atoms with E-state index >= 15 is 0 Å². The molecule has 2 rings (SSSR count). The van der Waals surface area contributed by atoms with Crippen molar-refractivity contribution in [1.29, 1.82) is 0 Å². The van der Waals surface area contributed by atoms with E-state index in [-0.39, 0.29) is 16.4 Å². The number of hydrogen-bond acceptors (Lipinski definition) is 3. The maximum atomic E-state index is 13.1. The van der Waals surface area contributed by atoms with Crippen LogP contribution in [0.4, 0.5) is 8.78 Å². The lowest BCUT2D eigenvalue weighted by Crippen LogP contribution is -2.39. The molecule has 1 aliphatic rings. The minimum absolute atomic E-state index is 0.162. The molecule has 94 valence electrons. The lowest BCUT2D eigenvalue weighted by Gasteiger charge is -2.33. The van der Waals surface area contributed by atoms with Crippen molar-refractivity contribution >= 4 is 9.84 Å². The Hall–Kier alpha value is -1.01. The fraction of sp³-hybridized carbons (Fsp3) is 0.455. The number of benzene rings is 1. The normalized spacial score (nSPS) is 31.0. The summed E-state index contributed by atoms with van der Waals surface area (Å²) in [5.41, 5.74) is 6.03. The number of fused-ring (bicyclic) bond motifs is 1. The summed E-state index contributed by atoms with van der Waals surface area (Å²) < 4.78 is 50.4. The van der Waals surface area contributed by atoms with Gasteiger partial charge < -0.3 is 5.73 Å². The number of sulfone groups is 1. The van der Waals surface area contributed by atoms with E-state index in [4.69, 9.17) is 5.73 Å². The summed E-state index contributed by atoms with van der Waals surface area (Å²) in [4.78, 5) is -0.186. The summed E-state index contributed by atoms with van der Waals surface area (Å²) in [5, 5.41) is -0.699. The largest absolute Gasteiger partial charge is 0.324 e. The number of hydrogen-bond donors (Lipinski definition) is 1. The van der Waals surface area contributed by atoms with Crippen LogP contribution in [-0.4, -0.2) is 13.7 Å². The van der Waals surface area contributed by atoms with Gasteiger partial charge in [-0.1, -0.05) is 6.92 Å². The van der Waals surface area contributed by atoms with Gasteiger partial charge in [0.2, 0.25) is 0 Å². The van der Waals surface area contributed by atoms with Crippen molar-refractivity contribution in [3.8, 4) is 0 Å². The zero-order chi connectivity index (χ0) is 13.0. The minimum Gasteiger partial charge on any atom is -0.324 e. The monoisotopic (exact) mass is 261 g/mol. The highest BCUT2D eigenvalue weighted by Crippen LogP contribution is 2.39. The fourth-order valence-corrected chi connectivity index (χ4v) is 4.04. The summed E-state index contributed by atoms with van der Waals surface area (Å²) in [6, 6.07) is 1.01. The molecule has 0 aliphatic carbocycles. The van der Waals surface area contributed by atoms with Gasteiger partial charge in [-0.3, -0.25) is 0 Å². The van der Waals surface area contributed by atoms with Crippen molar-refractivity contribution < 1.29 is 17.2 Å². The van der Waals surface area contributed by atoms with E-state index in [1.807, 2.05) is 0 Å². The zero-order valence-corrected chi connectivity index (χ0v) is 10.3. The molecule has 2 N–H and O–H groups in total. The van der Waals surface area contributed by atoms with Crippen LogP contribution in [-0.2, 0) is 9.84 Å². The molecule has 1 aromatic carbocycles. The number of halogens is 2. The van der Waals surface area contributed by atoms with Gasteiger partial charge in [-0.15, -0.1) is 0 Å². The first kappa shape index (κ1) is 12.4. The van der Waals surface area contributed by atoms with Gasteiger partial charge >= 0.3 is 0 Å². The third-order valence-electron chi connectivity index (χ3n) is 3.51. The first-order valence-electron chi connectivity index (χ1n) is 5.25. The molecule has 6 heteroatoms. The highest BCUT2D eigenvalue weighted by molar-refractivity contribution is 7.92. The molecule has 3 nitrogen and oxygen atoms in total. The van der Waals surface area contributed by atoms with Crippen LogP contribution < -0.4 is 5.73 Å². The van der Waals surface area contributed by atoms with Crippen molar-refractivity contribution in [2.75, 3.05) is 0 Å². The van der Waals surface area contributed by atoms with Crippen LogP contribution in [0, 0.1) is 17.6 Å². The van der Waals surface area contributed by atoms with Gasteiger partial charge in [-0.05, 0) is 30.5 Å². The molecule has 3 atom stereocenters. The average Bonchev–Trinajstić information content (AvgIpc) is 2.27. The second-order valence-corrected chi connectivity index (χ2v) is 6.71. The topological polar surface area (TPSA) is 60.2 Å². The van der Waals surface area contributed by atoms with Crippen LogP contribution in [0.15, 0.2) is 17.0 Å². The van der Waals surface area contributed by atoms with E-state index in [2.05, 4.69) is 0 Å². The van der Waals surface area contributed by atoms with E-state index < -0.39 is 32.8 Å². The predicted molar refractivity (Wildman–Crippen MR) is 59.1 cm³/mol. The molecule has 0 fully saturated rings. The van der Waals surface area contributed by atoms with Crippen molar-refractivity contribution in [3.63, 3.8) is 0 Å². The first-order chi connectivity index (χ1) is 7.76. The first-order valence-corrected chi connectivity index (χ1v) is 6.80. The van der Waals surface area contributed by atoms with Crippen LogP contribution in [0.1, 0.15) is 25.5 Å². The molecule has 17 heavy (non-hydrogen) atoms. The van der Waals surface area contributed by atoms with Gasteiger partial charge in [0.1, 0.15) is 0 Å². The fourth-order valence-electron chi connectivity index (χ4n) is 2.11. The molecule has 0 aromatic heterocycles. The summed E-state index contributed by atoms with van der Waals surface area (Å²) in [6.07, 6.45) is 0. The van der Waals surface area contributed by atoms with Crippen molar-refractivity contribution in [2.45, 2.75) is 30.0 Å². The Bertz CT molecular complexity index is 571. The van der Waals surface area contributed by atoms with Gasteiger partial charge in [-0.2, -0.15) is 0 Å². The molecular weight excluding hydrogens is 248 g/mol. The van der Waals surface area contributed by atoms with E-state index in [1.54, 1.807) is 6.92 Å². The van der Waals surface area contributed by atoms with E-state index in [1.165, 1.54) is 6.92 Å². The molecule has 0 radical (unpaired) electrons. The quantitative estimate of drug-likeness (QED) is 0.724. The lowest BCUT2D eigenvalue weighted by molar-refractivity contribution is 0.417. The van der Waals surface area contributed by atoms with Gasteiger partial charge in [-0.25, -0.2) is 17.2 Å². The van der Waals surface area contributed by atoms with Crippen LogP contribution >= 0.6 is 0 Å². The highest BCUT2D eigenvalue weighted by Gasteiger charge is 2.40. The van der Waals surface area contributed by atoms with Gasteiger partial charge in [0.15, 0.2) is 21.5 Å². The van der Waals surface area contributed by atoms with E-state index in [0.717, 1.165) is 12.1 Å². The molecular formula is C11H13F2NO2S. The Labute approximate surface area is 98.5 Å². The maximum absolute atomic E-state index is 13.1. The smallest absolute Gasteiger partial charge is 0.181 e. The van der Waals surface area contributed by atoms with Crippen LogP contribution in [0.5, 0.6) is 0 Å². The Balaban J connectivity index is 2.78. The van der Waals surface area contributed by atoms with E-state index in [0.29, 0.717) is 0 Å². The Kier molecular flexibility index (Phi) is 2.74. The molecule has 0 saturated heterocycles. The molecule has 1 heterocycles. The SMILES string of the molecule is CC1C(N)c2cc(F)c(F)cc2S(=O)(=O)C1C. The summed E-state index contributed by atoms with van der Waals surface area (Å²) >= 11 is 0. The summed E-state index contributed by atoms with van der Waals surface area (Å²) in [6.45, 7) is 3.22. The Morgan fingerprint density at radius 2 is 1.71 bits per heavy atom. The van der Waals surface area contributed by atoms with Gasteiger partial charge in [0.05, 0.1) is 10.1 Å².